The van der Waals surface area contributed by atoms with Crippen molar-refractivity contribution in [2.24, 2.45) is 32.9 Å². The van der Waals surface area contributed by atoms with Crippen LogP contribution in [0, 0.1) is 0 Å². The van der Waals surface area contributed by atoms with E-state index in [2.05, 4.69) is 9.98 Å². The Labute approximate surface area is 176 Å². The number of hydrogen-bond acceptors (Lipinski definition) is 5. The molecule has 0 aromatic rings. The molecule has 0 aliphatic heterocycles. The quantitative estimate of drug-likeness (QED) is 0.109. The van der Waals surface area contributed by atoms with Gasteiger partial charge < -0.3 is 27.8 Å². The monoisotopic (exact) mass is 413 g/mol. The SMILES string of the molecule is CC(=O)ON(CCCCCCCCN=C(N)N)CCCCCCCCN=C(N)N. The molecule has 0 unspecified atom stereocenters. The first-order valence-electron chi connectivity index (χ1n) is 11.0. The van der Waals surface area contributed by atoms with Gasteiger partial charge in [0.25, 0.3) is 0 Å². The molecule has 0 heterocycles. The van der Waals surface area contributed by atoms with Gasteiger partial charge in [0.15, 0.2) is 11.9 Å². The predicted octanol–water partition coefficient (Wildman–Crippen LogP) is 1.99. The predicted molar refractivity (Wildman–Crippen MR) is 120 cm³/mol. The van der Waals surface area contributed by atoms with Crippen LogP contribution < -0.4 is 22.9 Å². The lowest BCUT2D eigenvalue weighted by Crippen LogP contribution is -2.28. The summed E-state index contributed by atoms with van der Waals surface area (Å²) < 4.78 is 0. The van der Waals surface area contributed by atoms with E-state index >= 15 is 0 Å². The fraction of sp³-hybridized carbons (Fsp3) is 0.850. The topological polar surface area (TPSA) is 158 Å². The maximum absolute atomic E-state index is 11.3. The normalized spacial score (nSPS) is 10.7. The van der Waals surface area contributed by atoms with E-state index in [0.717, 1.165) is 64.5 Å². The molecule has 0 saturated heterocycles. The van der Waals surface area contributed by atoms with Gasteiger partial charge in [0.05, 0.1) is 0 Å². The highest BCUT2D eigenvalue weighted by Gasteiger charge is 2.08. The van der Waals surface area contributed by atoms with Crippen molar-refractivity contribution in [2.45, 2.75) is 84.0 Å². The van der Waals surface area contributed by atoms with E-state index in [9.17, 15) is 4.79 Å². The van der Waals surface area contributed by atoms with Crippen LogP contribution in [0.2, 0.25) is 0 Å². The second-order valence-electron chi connectivity index (χ2n) is 7.37. The molecule has 0 atom stereocenters. The first-order valence-corrected chi connectivity index (χ1v) is 11.0. The summed E-state index contributed by atoms with van der Waals surface area (Å²) in [6.07, 6.45) is 13.4. The summed E-state index contributed by atoms with van der Waals surface area (Å²) in [6.45, 7) is 4.47. The lowest BCUT2D eigenvalue weighted by Gasteiger charge is -2.20. The van der Waals surface area contributed by atoms with Crippen LogP contribution in [0.4, 0.5) is 0 Å². The van der Waals surface area contributed by atoms with Crippen molar-refractivity contribution in [3.8, 4) is 0 Å². The molecule has 0 aromatic heterocycles. The maximum Gasteiger partial charge on any atom is 0.322 e. The number of hydrogen-bond donors (Lipinski definition) is 4. The Morgan fingerprint density at radius 3 is 1.34 bits per heavy atom. The Morgan fingerprint density at radius 1 is 0.655 bits per heavy atom. The van der Waals surface area contributed by atoms with Gasteiger partial charge in [-0.1, -0.05) is 51.4 Å². The first kappa shape index (κ1) is 27.0. The molecule has 0 aliphatic carbocycles. The fourth-order valence-corrected chi connectivity index (χ4v) is 3.02. The maximum atomic E-state index is 11.3. The highest BCUT2D eigenvalue weighted by Crippen LogP contribution is 2.10. The Bertz CT molecular complexity index is 428. The molecule has 9 heteroatoms. The summed E-state index contributed by atoms with van der Waals surface area (Å²) in [5, 5.41) is 1.82. The number of aliphatic imine (C=N–C) groups is 2. The zero-order valence-corrected chi connectivity index (χ0v) is 18.3. The van der Waals surface area contributed by atoms with E-state index in [1.54, 1.807) is 0 Å². The zero-order chi connectivity index (χ0) is 21.7. The molecule has 8 N–H and O–H groups in total. The molecule has 170 valence electrons. The largest absolute Gasteiger partial charge is 0.370 e. The minimum Gasteiger partial charge on any atom is -0.370 e. The summed E-state index contributed by atoms with van der Waals surface area (Å²) in [5.41, 5.74) is 21.2. The minimum absolute atomic E-state index is 0.165. The van der Waals surface area contributed by atoms with Crippen LogP contribution in [0.5, 0.6) is 0 Å². The van der Waals surface area contributed by atoms with E-state index in [1.165, 1.54) is 32.6 Å². The van der Waals surface area contributed by atoms with Crippen molar-refractivity contribution in [3.63, 3.8) is 0 Å². The van der Waals surface area contributed by atoms with E-state index in [-0.39, 0.29) is 17.9 Å². The lowest BCUT2D eigenvalue weighted by atomic mass is 10.1. The zero-order valence-electron chi connectivity index (χ0n) is 18.3. The van der Waals surface area contributed by atoms with Crippen LogP contribution in [0.1, 0.15) is 84.0 Å². The van der Waals surface area contributed by atoms with Crippen LogP contribution >= 0.6 is 0 Å². The van der Waals surface area contributed by atoms with Gasteiger partial charge in [0.1, 0.15) is 0 Å². The summed E-state index contributed by atoms with van der Waals surface area (Å²) in [6, 6.07) is 0. The van der Waals surface area contributed by atoms with Crippen LogP contribution in [-0.4, -0.2) is 49.1 Å². The number of unbranched alkanes of at least 4 members (excludes halogenated alkanes) is 10. The van der Waals surface area contributed by atoms with E-state index in [1.807, 2.05) is 5.06 Å². The fourth-order valence-electron chi connectivity index (χ4n) is 3.02. The van der Waals surface area contributed by atoms with Gasteiger partial charge in [-0.3, -0.25) is 14.8 Å². The Kier molecular flexibility index (Phi) is 17.9. The molecule has 0 radical (unpaired) electrons. The second kappa shape index (κ2) is 19.3. The van der Waals surface area contributed by atoms with E-state index < -0.39 is 0 Å². The number of hydroxylamine groups is 2. The third-order valence-corrected chi connectivity index (χ3v) is 4.48. The van der Waals surface area contributed by atoms with Crippen LogP contribution in [0.15, 0.2) is 9.98 Å². The standard InChI is InChI=1S/C20H43N7O2/c1-18(28)29-27(16-12-8-4-2-6-10-14-25-19(21)22)17-13-9-5-3-7-11-15-26-20(23)24/h2-17H2,1H3,(H4,21,22,25)(H4,23,24,26). The molecule has 0 amide bonds. The van der Waals surface area contributed by atoms with Crippen molar-refractivity contribution in [1.82, 2.24) is 5.06 Å². The van der Waals surface area contributed by atoms with Gasteiger partial charge in [-0.25, -0.2) is 0 Å². The molecule has 0 bridgehead atoms. The molecule has 0 fully saturated rings. The number of rotatable bonds is 19. The lowest BCUT2D eigenvalue weighted by molar-refractivity contribution is -0.188. The van der Waals surface area contributed by atoms with Crippen molar-refractivity contribution >= 4 is 17.9 Å². The van der Waals surface area contributed by atoms with Gasteiger partial charge in [-0.2, -0.15) is 0 Å². The van der Waals surface area contributed by atoms with Gasteiger partial charge in [-0.15, -0.1) is 5.06 Å². The van der Waals surface area contributed by atoms with E-state index in [0.29, 0.717) is 13.1 Å². The molecule has 0 aliphatic rings. The third-order valence-electron chi connectivity index (χ3n) is 4.48. The highest BCUT2D eigenvalue weighted by molar-refractivity contribution is 5.75. The third kappa shape index (κ3) is 22.1. The number of carbonyl (C=O) groups excluding carboxylic acids is 1. The van der Waals surface area contributed by atoms with Gasteiger partial charge in [0, 0.05) is 33.1 Å². The Morgan fingerprint density at radius 2 is 1.00 bits per heavy atom. The van der Waals surface area contributed by atoms with Crippen molar-refractivity contribution in [1.29, 1.82) is 0 Å². The number of guanidine groups is 2. The van der Waals surface area contributed by atoms with Gasteiger partial charge in [-0.05, 0) is 25.7 Å². The summed E-state index contributed by atoms with van der Waals surface area (Å²) in [7, 11) is 0. The first-order chi connectivity index (χ1) is 13.9. The van der Waals surface area contributed by atoms with Crippen LogP contribution in [0.3, 0.4) is 0 Å². The van der Waals surface area contributed by atoms with Gasteiger partial charge in [0.2, 0.25) is 0 Å². The molecule has 9 nitrogen and oxygen atoms in total. The summed E-state index contributed by atoms with van der Waals surface area (Å²) in [5.74, 6) is 0.0845. The van der Waals surface area contributed by atoms with Crippen molar-refractivity contribution in [3.05, 3.63) is 0 Å². The summed E-state index contributed by atoms with van der Waals surface area (Å²) in [4.78, 5) is 24.6. The number of nitrogens with two attached hydrogens (primary N) is 4. The average molecular weight is 414 g/mol. The molecule has 0 rings (SSSR count). The number of carbonyl (C=O) groups is 1. The van der Waals surface area contributed by atoms with Crippen molar-refractivity contribution in [2.75, 3.05) is 26.2 Å². The average Bonchev–Trinajstić information content (AvgIpc) is 2.64. The van der Waals surface area contributed by atoms with Crippen molar-refractivity contribution < 1.29 is 9.63 Å². The minimum atomic E-state index is -0.246. The van der Waals surface area contributed by atoms with E-state index in [4.69, 9.17) is 27.8 Å². The molecular weight excluding hydrogens is 370 g/mol. The Hall–Kier alpha value is -2.03. The highest BCUT2D eigenvalue weighted by atomic mass is 16.7. The molecular formula is C20H43N7O2. The smallest absolute Gasteiger partial charge is 0.322 e. The molecule has 29 heavy (non-hydrogen) atoms. The second-order valence-corrected chi connectivity index (χ2v) is 7.37. The summed E-state index contributed by atoms with van der Waals surface area (Å²) >= 11 is 0. The molecule has 0 spiro atoms. The van der Waals surface area contributed by atoms with Crippen LogP contribution in [0.25, 0.3) is 0 Å². The number of nitrogens with zero attached hydrogens (tertiary/aromatic N) is 3. The van der Waals surface area contributed by atoms with Gasteiger partial charge >= 0.3 is 5.97 Å². The van der Waals surface area contributed by atoms with Crippen LogP contribution in [-0.2, 0) is 9.63 Å². The Balaban J connectivity index is 3.67. The molecule has 0 saturated carbocycles. The molecule has 0 aromatic carbocycles.